The van der Waals surface area contributed by atoms with Crippen LogP contribution in [0, 0.1) is 0 Å². The number of allylic oxidation sites excluding steroid dienone is 1. The monoisotopic (exact) mass is 467 g/mol. The highest BCUT2D eigenvalue weighted by Gasteiger charge is 2.23. The molecule has 0 aliphatic heterocycles. The normalized spacial score (nSPS) is 12.1. The number of fused-ring (bicyclic) bond motifs is 1. The molecule has 4 aromatic rings. The first-order valence-corrected chi connectivity index (χ1v) is 11.3. The zero-order chi connectivity index (χ0) is 22.9. The third-order valence-electron chi connectivity index (χ3n) is 4.95. The molecule has 162 valence electrons. The van der Waals surface area contributed by atoms with Crippen LogP contribution in [0.15, 0.2) is 90.0 Å². The van der Waals surface area contributed by atoms with Gasteiger partial charge < -0.3 is 9.84 Å². The van der Waals surface area contributed by atoms with Crippen molar-refractivity contribution < 1.29 is 23.1 Å². The Kier molecular flexibility index (Phi) is 5.78. The van der Waals surface area contributed by atoms with Crippen LogP contribution >= 0.6 is 11.6 Å². The van der Waals surface area contributed by atoms with Gasteiger partial charge in [-0.05, 0) is 42.5 Å². The maximum absolute atomic E-state index is 13.2. The molecule has 6 nitrogen and oxygen atoms in total. The Labute approximate surface area is 190 Å². The van der Waals surface area contributed by atoms with E-state index in [0.29, 0.717) is 21.7 Å². The van der Waals surface area contributed by atoms with E-state index in [1.807, 2.05) is 0 Å². The Hall–Kier alpha value is -3.55. The van der Waals surface area contributed by atoms with Crippen LogP contribution in [-0.4, -0.2) is 30.4 Å². The molecule has 0 unspecified atom stereocenters. The highest BCUT2D eigenvalue weighted by Crippen LogP contribution is 2.32. The molecule has 0 aliphatic rings. The number of rotatable bonds is 6. The van der Waals surface area contributed by atoms with Crippen molar-refractivity contribution in [2.45, 2.75) is 4.90 Å². The molecular formula is C24H18ClNO5S. The molecule has 0 fully saturated rings. The third kappa shape index (κ3) is 3.88. The summed E-state index contributed by atoms with van der Waals surface area (Å²) >= 11 is 6.13. The van der Waals surface area contributed by atoms with Crippen molar-refractivity contribution in [1.29, 1.82) is 0 Å². The Morgan fingerprint density at radius 1 is 1.00 bits per heavy atom. The Morgan fingerprint density at radius 3 is 2.41 bits per heavy atom. The molecule has 4 rings (SSSR count). The highest BCUT2D eigenvalue weighted by molar-refractivity contribution is 7.90. The lowest BCUT2D eigenvalue weighted by Gasteiger charge is -2.07. The molecule has 0 saturated carbocycles. The second-order valence-electron chi connectivity index (χ2n) is 6.91. The largest absolute Gasteiger partial charge is 0.507 e. The summed E-state index contributed by atoms with van der Waals surface area (Å²) in [4.78, 5) is 12.9. The lowest BCUT2D eigenvalue weighted by Crippen LogP contribution is -2.11. The summed E-state index contributed by atoms with van der Waals surface area (Å²) in [6.07, 6.45) is 2.32. The van der Waals surface area contributed by atoms with Gasteiger partial charge in [0.25, 0.3) is 10.0 Å². The van der Waals surface area contributed by atoms with E-state index in [4.69, 9.17) is 16.3 Å². The first-order chi connectivity index (χ1) is 15.3. The molecule has 1 heterocycles. The molecule has 1 N–H and O–H groups in total. The molecule has 0 radical (unpaired) electrons. The summed E-state index contributed by atoms with van der Waals surface area (Å²) in [5, 5.41) is 11.5. The molecule has 0 spiro atoms. The topological polar surface area (TPSA) is 85.6 Å². The number of para-hydroxylation sites is 1. The molecule has 8 heteroatoms. The average molecular weight is 468 g/mol. The van der Waals surface area contributed by atoms with Gasteiger partial charge in [-0.2, -0.15) is 0 Å². The van der Waals surface area contributed by atoms with E-state index >= 15 is 0 Å². The van der Waals surface area contributed by atoms with Crippen LogP contribution in [0.1, 0.15) is 15.9 Å². The van der Waals surface area contributed by atoms with E-state index in [2.05, 4.69) is 0 Å². The van der Waals surface area contributed by atoms with E-state index < -0.39 is 21.6 Å². The van der Waals surface area contributed by atoms with Crippen LogP contribution in [0.4, 0.5) is 0 Å². The van der Waals surface area contributed by atoms with Crippen LogP contribution in [0.5, 0.6) is 5.75 Å². The average Bonchev–Trinajstić information content (AvgIpc) is 3.19. The number of aliphatic hydroxyl groups is 1. The van der Waals surface area contributed by atoms with Gasteiger partial charge in [0.15, 0.2) is 5.78 Å². The third-order valence-corrected chi connectivity index (χ3v) is 6.87. The standard InChI is InChI=1S/C24H18ClNO5S/c1-31-24-10-6-5-9-18(24)22(27)14-23(28)20-15-26(21-12-11-16(25)13-19(20)21)32(29,30)17-7-3-2-4-8-17/h2-15,28H,1H3. The number of halogens is 1. The van der Waals surface area contributed by atoms with Gasteiger partial charge in [0.1, 0.15) is 11.5 Å². The van der Waals surface area contributed by atoms with Crippen LogP contribution in [0.25, 0.3) is 16.7 Å². The van der Waals surface area contributed by atoms with Crippen molar-refractivity contribution in [2.75, 3.05) is 7.11 Å². The quantitative estimate of drug-likeness (QED) is 0.235. The summed E-state index contributed by atoms with van der Waals surface area (Å²) in [7, 11) is -2.51. The van der Waals surface area contributed by atoms with E-state index in [1.54, 1.807) is 60.7 Å². The maximum Gasteiger partial charge on any atom is 0.268 e. The van der Waals surface area contributed by atoms with Gasteiger partial charge in [-0.3, -0.25) is 4.79 Å². The van der Waals surface area contributed by atoms with E-state index in [1.165, 1.54) is 25.4 Å². The molecule has 0 aliphatic carbocycles. The molecule has 3 aromatic carbocycles. The van der Waals surface area contributed by atoms with Crippen LogP contribution in [0.3, 0.4) is 0 Å². The summed E-state index contributed by atoms with van der Waals surface area (Å²) in [5.41, 5.74) is 0.739. The molecule has 0 amide bonds. The zero-order valence-electron chi connectivity index (χ0n) is 16.9. The number of aromatic nitrogens is 1. The number of ether oxygens (including phenoxy) is 1. The van der Waals surface area contributed by atoms with Gasteiger partial charge in [0.2, 0.25) is 0 Å². The SMILES string of the molecule is COc1ccccc1C(=O)C=C(O)c1cn(S(=O)(=O)c2ccccc2)c2ccc(Cl)cc12. The number of hydrogen-bond acceptors (Lipinski definition) is 5. The Morgan fingerprint density at radius 2 is 1.69 bits per heavy atom. The number of carbonyl (C=O) groups is 1. The molecule has 1 aromatic heterocycles. The van der Waals surface area contributed by atoms with Crippen LogP contribution in [-0.2, 0) is 10.0 Å². The van der Waals surface area contributed by atoms with E-state index in [-0.39, 0.29) is 16.0 Å². The summed E-state index contributed by atoms with van der Waals surface area (Å²) in [6, 6.07) is 19.2. The highest BCUT2D eigenvalue weighted by atomic mass is 35.5. The van der Waals surface area contributed by atoms with Gasteiger partial charge >= 0.3 is 0 Å². The van der Waals surface area contributed by atoms with Gasteiger partial charge in [0.05, 0.1) is 23.1 Å². The predicted molar refractivity (Wildman–Crippen MR) is 124 cm³/mol. The molecule has 32 heavy (non-hydrogen) atoms. The minimum Gasteiger partial charge on any atom is -0.507 e. The van der Waals surface area contributed by atoms with Crippen molar-refractivity contribution in [2.24, 2.45) is 0 Å². The van der Waals surface area contributed by atoms with Gasteiger partial charge in [-0.25, -0.2) is 12.4 Å². The number of benzene rings is 3. The minimum atomic E-state index is -3.95. The first kappa shape index (κ1) is 21.7. The fourth-order valence-electron chi connectivity index (χ4n) is 3.41. The van der Waals surface area contributed by atoms with Crippen molar-refractivity contribution in [3.63, 3.8) is 0 Å². The lowest BCUT2D eigenvalue weighted by atomic mass is 10.1. The van der Waals surface area contributed by atoms with Crippen LogP contribution < -0.4 is 4.74 Å². The number of aliphatic hydroxyl groups excluding tert-OH is 1. The van der Waals surface area contributed by atoms with Gasteiger partial charge in [-0.1, -0.05) is 41.9 Å². The molecule has 0 saturated heterocycles. The van der Waals surface area contributed by atoms with Crippen molar-refractivity contribution in [3.05, 3.63) is 101 Å². The van der Waals surface area contributed by atoms with Crippen LogP contribution in [0.2, 0.25) is 5.02 Å². The second kappa shape index (κ2) is 8.53. The Bertz CT molecular complexity index is 1460. The maximum atomic E-state index is 13.2. The second-order valence-corrected chi connectivity index (χ2v) is 9.16. The summed E-state index contributed by atoms with van der Waals surface area (Å²) in [6.45, 7) is 0. The number of nitrogens with zero attached hydrogens (tertiary/aromatic N) is 1. The lowest BCUT2D eigenvalue weighted by molar-refractivity contribution is 0.104. The minimum absolute atomic E-state index is 0.0898. The fraction of sp³-hybridized carbons (Fsp3) is 0.0417. The molecular weight excluding hydrogens is 450 g/mol. The molecule has 0 bridgehead atoms. The van der Waals surface area contributed by atoms with Gasteiger partial charge in [0, 0.05) is 28.2 Å². The Balaban J connectivity index is 1.87. The number of hydrogen-bond donors (Lipinski definition) is 1. The van der Waals surface area contributed by atoms with Crippen molar-refractivity contribution >= 4 is 44.1 Å². The van der Waals surface area contributed by atoms with Crippen molar-refractivity contribution in [3.8, 4) is 5.75 Å². The number of carbonyl (C=O) groups excluding carboxylic acids is 1. The van der Waals surface area contributed by atoms with E-state index in [9.17, 15) is 18.3 Å². The smallest absolute Gasteiger partial charge is 0.268 e. The summed E-state index contributed by atoms with van der Waals surface area (Å²) < 4.78 is 32.8. The van der Waals surface area contributed by atoms with Gasteiger partial charge in [-0.15, -0.1) is 0 Å². The molecule has 0 atom stereocenters. The zero-order valence-corrected chi connectivity index (χ0v) is 18.5. The fourth-order valence-corrected chi connectivity index (χ4v) is 4.97. The van der Waals surface area contributed by atoms with E-state index in [0.717, 1.165) is 10.0 Å². The summed E-state index contributed by atoms with van der Waals surface area (Å²) in [5.74, 6) is -0.525. The first-order valence-electron chi connectivity index (χ1n) is 9.52. The van der Waals surface area contributed by atoms with Crippen molar-refractivity contribution in [1.82, 2.24) is 3.97 Å². The number of ketones is 1. The number of methoxy groups -OCH3 is 1. The predicted octanol–water partition coefficient (Wildman–Crippen LogP) is 5.32.